The van der Waals surface area contributed by atoms with Crippen LogP contribution >= 0.6 is 11.8 Å². The molecule has 17 heavy (non-hydrogen) atoms. The molecule has 1 fully saturated rings. The fourth-order valence-corrected chi connectivity index (χ4v) is 3.44. The number of hydrogen-bond acceptors (Lipinski definition) is 3. The van der Waals surface area contributed by atoms with Crippen molar-refractivity contribution in [3.63, 3.8) is 0 Å². The highest BCUT2D eigenvalue weighted by Crippen LogP contribution is 2.38. The first-order chi connectivity index (χ1) is 8.18. The van der Waals surface area contributed by atoms with Gasteiger partial charge >= 0.3 is 0 Å². The number of para-hydroxylation sites is 1. The van der Waals surface area contributed by atoms with Gasteiger partial charge in [0.25, 0.3) is 0 Å². The molecule has 1 aliphatic heterocycles. The Morgan fingerprint density at radius 2 is 2.12 bits per heavy atom. The molecule has 2 atom stereocenters. The molecule has 1 saturated heterocycles. The summed E-state index contributed by atoms with van der Waals surface area (Å²) in [6.07, 6.45) is 2.04. The molecule has 0 saturated carbocycles. The van der Waals surface area contributed by atoms with Crippen LogP contribution in [0.2, 0.25) is 0 Å². The van der Waals surface area contributed by atoms with Gasteiger partial charge in [-0.1, -0.05) is 18.2 Å². The van der Waals surface area contributed by atoms with Crippen molar-refractivity contribution in [1.82, 2.24) is 0 Å². The molecule has 0 radical (unpaired) electrons. The van der Waals surface area contributed by atoms with Gasteiger partial charge in [0, 0.05) is 10.8 Å². The van der Waals surface area contributed by atoms with Gasteiger partial charge in [-0.2, -0.15) is 11.8 Å². The van der Waals surface area contributed by atoms with E-state index in [9.17, 15) is 5.11 Å². The normalized spacial score (nSPS) is 21.8. The Hall–Kier alpha value is -0.670. The third kappa shape index (κ3) is 3.17. The van der Waals surface area contributed by atoms with Gasteiger partial charge in [-0.3, -0.25) is 0 Å². The topological polar surface area (TPSA) is 29.5 Å². The highest BCUT2D eigenvalue weighted by atomic mass is 32.2. The zero-order valence-corrected chi connectivity index (χ0v) is 11.2. The molecule has 0 bridgehead atoms. The van der Waals surface area contributed by atoms with Crippen molar-refractivity contribution in [2.45, 2.75) is 44.1 Å². The second-order valence-electron chi connectivity index (χ2n) is 4.70. The lowest BCUT2D eigenvalue weighted by Gasteiger charge is -2.21. The molecular formula is C14H20O2S. The van der Waals surface area contributed by atoms with Crippen LogP contribution < -0.4 is 4.74 Å². The predicted molar refractivity (Wildman–Crippen MR) is 72.6 cm³/mol. The van der Waals surface area contributed by atoms with Crippen LogP contribution in [-0.2, 0) is 0 Å². The molecular weight excluding hydrogens is 232 g/mol. The number of aliphatic hydroxyl groups is 1. The van der Waals surface area contributed by atoms with Crippen LogP contribution in [-0.4, -0.2) is 22.2 Å². The maximum atomic E-state index is 10.4. The van der Waals surface area contributed by atoms with E-state index in [0.29, 0.717) is 5.25 Å². The van der Waals surface area contributed by atoms with Crippen molar-refractivity contribution in [3.8, 4) is 5.75 Å². The van der Waals surface area contributed by atoms with Crippen LogP contribution in [0.1, 0.15) is 38.4 Å². The average molecular weight is 252 g/mol. The number of aliphatic hydroxyl groups excluding tert-OH is 1. The Morgan fingerprint density at radius 3 is 2.76 bits per heavy atom. The van der Waals surface area contributed by atoms with Crippen molar-refractivity contribution in [2.75, 3.05) is 5.75 Å². The fraction of sp³-hybridized carbons (Fsp3) is 0.571. The lowest BCUT2D eigenvalue weighted by molar-refractivity contribution is 0.161. The Labute approximate surface area is 107 Å². The van der Waals surface area contributed by atoms with Gasteiger partial charge < -0.3 is 9.84 Å². The highest BCUT2D eigenvalue weighted by Gasteiger charge is 2.27. The Bertz CT molecular complexity index is 359. The minimum atomic E-state index is -0.405. The predicted octanol–water partition coefficient (Wildman–Crippen LogP) is 3.40. The lowest BCUT2D eigenvalue weighted by atomic mass is 10.0. The van der Waals surface area contributed by atoms with Crippen LogP contribution in [0, 0.1) is 0 Å². The number of rotatable bonds is 4. The molecule has 2 rings (SSSR count). The van der Waals surface area contributed by atoms with Gasteiger partial charge in [-0.05, 0) is 38.5 Å². The molecule has 1 aromatic carbocycles. The van der Waals surface area contributed by atoms with Crippen molar-refractivity contribution in [2.24, 2.45) is 0 Å². The molecule has 94 valence electrons. The van der Waals surface area contributed by atoms with Crippen LogP contribution in [0.3, 0.4) is 0 Å². The Morgan fingerprint density at radius 1 is 1.35 bits per heavy atom. The SMILES string of the molecule is CC(C)Oc1ccccc1C(O)C1CCCS1. The minimum Gasteiger partial charge on any atom is -0.491 e. The summed E-state index contributed by atoms with van der Waals surface area (Å²) in [5, 5.41) is 10.7. The summed E-state index contributed by atoms with van der Waals surface area (Å²) in [6.45, 7) is 4.01. The average Bonchev–Trinajstić information content (AvgIpc) is 2.81. The first kappa shape index (κ1) is 12.8. The van der Waals surface area contributed by atoms with Crippen molar-refractivity contribution in [3.05, 3.63) is 29.8 Å². The van der Waals surface area contributed by atoms with E-state index in [1.54, 1.807) is 0 Å². The van der Waals surface area contributed by atoms with E-state index >= 15 is 0 Å². The van der Waals surface area contributed by atoms with Gasteiger partial charge in [-0.25, -0.2) is 0 Å². The molecule has 3 heteroatoms. The summed E-state index contributed by atoms with van der Waals surface area (Å²) < 4.78 is 5.76. The lowest BCUT2D eigenvalue weighted by Crippen LogP contribution is -2.15. The molecule has 1 aliphatic rings. The summed E-state index contributed by atoms with van der Waals surface area (Å²) in [6, 6.07) is 7.83. The standard InChI is InChI=1S/C14H20O2S/c1-10(2)16-12-7-4-3-6-11(12)14(15)13-8-5-9-17-13/h3-4,6-7,10,13-15H,5,8-9H2,1-2H3. The Balaban J connectivity index is 2.18. The van der Waals surface area contributed by atoms with Gasteiger partial charge in [0.15, 0.2) is 0 Å². The van der Waals surface area contributed by atoms with E-state index in [1.807, 2.05) is 49.9 Å². The maximum Gasteiger partial charge on any atom is 0.125 e. The molecule has 0 aliphatic carbocycles. The van der Waals surface area contributed by atoms with Crippen molar-refractivity contribution < 1.29 is 9.84 Å². The van der Waals surface area contributed by atoms with Gasteiger partial charge in [0.05, 0.1) is 12.2 Å². The van der Waals surface area contributed by atoms with Crippen LogP contribution in [0.5, 0.6) is 5.75 Å². The summed E-state index contributed by atoms with van der Waals surface area (Å²) in [5.74, 6) is 1.98. The molecule has 0 amide bonds. The molecule has 2 unspecified atom stereocenters. The van der Waals surface area contributed by atoms with Gasteiger partial charge in [-0.15, -0.1) is 0 Å². The van der Waals surface area contributed by atoms with Crippen molar-refractivity contribution >= 4 is 11.8 Å². The third-order valence-corrected chi connectivity index (χ3v) is 4.36. The van der Waals surface area contributed by atoms with E-state index in [0.717, 1.165) is 23.5 Å². The second kappa shape index (κ2) is 5.78. The van der Waals surface area contributed by atoms with Crippen LogP contribution in [0.25, 0.3) is 0 Å². The van der Waals surface area contributed by atoms with E-state index < -0.39 is 6.10 Å². The molecule has 1 aromatic rings. The monoisotopic (exact) mass is 252 g/mol. The quantitative estimate of drug-likeness (QED) is 0.890. The number of thioether (sulfide) groups is 1. The maximum absolute atomic E-state index is 10.4. The van der Waals surface area contributed by atoms with E-state index in [4.69, 9.17) is 4.74 Å². The summed E-state index contributed by atoms with van der Waals surface area (Å²) >= 11 is 1.87. The minimum absolute atomic E-state index is 0.139. The zero-order chi connectivity index (χ0) is 12.3. The smallest absolute Gasteiger partial charge is 0.125 e. The van der Waals surface area contributed by atoms with Crippen LogP contribution in [0.15, 0.2) is 24.3 Å². The second-order valence-corrected chi connectivity index (χ2v) is 6.05. The molecule has 1 heterocycles. The van der Waals surface area contributed by atoms with Crippen LogP contribution in [0.4, 0.5) is 0 Å². The number of hydrogen-bond donors (Lipinski definition) is 1. The zero-order valence-electron chi connectivity index (χ0n) is 10.4. The van der Waals surface area contributed by atoms with E-state index in [-0.39, 0.29) is 6.10 Å². The molecule has 1 N–H and O–H groups in total. The van der Waals surface area contributed by atoms with Gasteiger partial charge in [0.1, 0.15) is 5.75 Å². The molecule has 2 nitrogen and oxygen atoms in total. The van der Waals surface area contributed by atoms with E-state index in [1.165, 1.54) is 6.42 Å². The highest BCUT2D eigenvalue weighted by molar-refractivity contribution is 8.00. The largest absolute Gasteiger partial charge is 0.491 e. The van der Waals surface area contributed by atoms with Crippen molar-refractivity contribution in [1.29, 1.82) is 0 Å². The first-order valence-electron chi connectivity index (χ1n) is 6.23. The first-order valence-corrected chi connectivity index (χ1v) is 7.28. The summed E-state index contributed by atoms with van der Waals surface area (Å²) in [7, 11) is 0. The fourth-order valence-electron chi connectivity index (χ4n) is 2.14. The summed E-state index contributed by atoms with van der Waals surface area (Å²) in [4.78, 5) is 0. The molecule has 0 aromatic heterocycles. The van der Waals surface area contributed by atoms with E-state index in [2.05, 4.69) is 0 Å². The number of ether oxygens (including phenoxy) is 1. The number of benzene rings is 1. The third-order valence-electron chi connectivity index (χ3n) is 2.92. The summed E-state index contributed by atoms with van der Waals surface area (Å²) in [5.41, 5.74) is 0.931. The van der Waals surface area contributed by atoms with Gasteiger partial charge in [0.2, 0.25) is 0 Å². The Kier molecular flexibility index (Phi) is 4.35. The molecule has 0 spiro atoms.